The first kappa shape index (κ1) is 24.5. The van der Waals surface area contributed by atoms with Gasteiger partial charge in [-0.2, -0.15) is 13.2 Å². The maximum atomic E-state index is 13.5. The van der Waals surface area contributed by atoms with Crippen LogP contribution in [-0.2, 0) is 17.3 Å². The Hall–Kier alpha value is -2.61. The fraction of sp³-hybridized carbons (Fsp3) is 0.500. The number of hydrogen-bond donors (Lipinski definition) is 0. The number of ether oxygens (including phenoxy) is 1. The molecule has 0 radical (unpaired) electrons. The average molecular weight is 479 g/mol. The Balaban J connectivity index is 1.45. The zero-order valence-electron chi connectivity index (χ0n) is 19.1. The van der Waals surface area contributed by atoms with E-state index in [2.05, 4.69) is 0 Å². The van der Waals surface area contributed by atoms with Crippen molar-refractivity contribution in [3.05, 3.63) is 71.0 Å². The molecule has 0 bridgehead atoms. The van der Waals surface area contributed by atoms with Gasteiger partial charge in [-0.25, -0.2) is 9.18 Å². The van der Waals surface area contributed by atoms with Gasteiger partial charge in [-0.05, 0) is 67.0 Å². The molecule has 0 N–H and O–H groups in total. The van der Waals surface area contributed by atoms with Crippen molar-refractivity contribution in [2.45, 2.75) is 37.8 Å². The van der Waals surface area contributed by atoms with E-state index in [-0.39, 0.29) is 23.7 Å². The molecule has 2 aromatic carbocycles. The van der Waals surface area contributed by atoms with Gasteiger partial charge in [0.1, 0.15) is 5.82 Å². The normalized spacial score (nSPS) is 21.5. The lowest BCUT2D eigenvalue weighted by Crippen LogP contribution is -2.52. The summed E-state index contributed by atoms with van der Waals surface area (Å²) in [6.45, 7) is 3.23. The maximum absolute atomic E-state index is 13.5. The fourth-order valence-electron chi connectivity index (χ4n) is 5.00. The maximum Gasteiger partial charge on any atom is 0.416 e. The van der Waals surface area contributed by atoms with Gasteiger partial charge in [-0.3, -0.25) is 0 Å². The number of amides is 2. The molecule has 2 aromatic rings. The van der Waals surface area contributed by atoms with E-state index < -0.39 is 11.7 Å². The van der Waals surface area contributed by atoms with Gasteiger partial charge < -0.3 is 14.5 Å². The molecule has 34 heavy (non-hydrogen) atoms. The fourth-order valence-corrected chi connectivity index (χ4v) is 5.00. The van der Waals surface area contributed by atoms with Gasteiger partial charge in [0, 0.05) is 32.1 Å². The van der Waals surface area contributed by atoms with E-state index in [9.17, 15) is 22.4 Å². The molecule has 4 nitrogen and oxygen atoms in total. The summed E-state index contributed by atoms with van der Waals surface area (Å²) < 4.78 is 57.9. The molecule has 2 aliphatic heterocycles. The number of likely N-dealkylation sites (tertiary alicyclic amines) is 1. The molecular formula is C26H30F4N2O2. The van der Waals surface area contributed by atoms with Gasteiger partial charge >= 0.3 is 12.2 Å². The van der Waals surface area contributed by atoms with Crippen LogP contribution in [0, 0.1) is 11.7 Å². The van der Waals surface area contributed by atoms with E-state index in [1.165, 1.54) is 6.07 Å². The van der Waals surface area contributed by atoms with E-state index in [0.29, 0.717) is 39.4 Å². The number of morpholine rings is 1. The number of alkyl halides is 3. The minimum absolute atomic E-state index is 0.0276. The van der Waals surface area contributed by atoms with Crippen molar-refractivity contribution in [2.24, 2.45) is 5.92 Å². The van der Waals surface area contributed by atoms with Crippen molar-refractivity contribution >= 4 is 6.03 Å². The molecule has 2 fully saturated rings. The van der Waals surface area contributed by atoms with Crippen LogP contribution in [0.4, 0.5) is 22.4 Å². The average Bonchev–Trinajstić information content (AvgIpc) is 2.83. The number of halogens is 4. The van der Waals surface area contributed by atoms with Gasteiger partial charge in [0.25, 0.3) is 0 Å². The zero-order chi connectivity index (χ0) is 24.1. The Morgan fingerprint density at radius 1 is 1.00 bits per heavy atom. The summed E-state index contributed by atoms with van der Waals surface area (Å²) in [5.41, 5.74) is 1.10. The second-order valence-corrected chi connectivity index (χ2v) is 9.23. The molecule has 2 saturated heterocycles. The van der Waals surface area contributed by atoms with Crippen LogP contribution >= 0.6 is 0 Å². The summed E-state index contributed by atoms with van der Waals surface area (Å²) in [6, 6.07) is 11.9. The van der Waals surface area contributed by atoms with E-state index in [1.807, 2.05) is 11.0 Å². The lowest BCUT2D eigenvalue weighted by Gasteiger charge is -2.41. The molecule has 0 spiro atoms. The third-order valence-electron chi connectivity index (χ3n) is 6.77. The smallest absolute Gasteiger partial charge is 0.378 e. The molecule has 184 valence electrons. The lowest BCUT2D eigenvalue weighted by atomic mass is 9.82. The lowest BCUT2D eigenvalue weighted by molar-refractivity contribution is -0.137. The Morgan fingerprint density at radius 2 is 1.74 bits per heavy atom. The Bertz CT molecular complexity index is 958. The zero-order valence-corrected chi connectivity index (χ0v) is 19.1. The number of rotatable bonds is 5. The number of piperidine rings is 1. The first-order valence-electron chi connectivity index (χ1n) is 11.8. The summed E-state index contributed by atoms with van der Waals surface area (Å²) in [5.74, 6) is -0.0559. The van der Waals surface area contributed by atoms with Crippen LogP contribution in [0.1, 0.15) is 41.9 Å². The molecule has 2 heterocycles. The first-order valence-corrected chi connectivity index (χ1v) is 11.8. The molecule has 2 atom stereocenters. The number of carbonyl (C=O) groups excluding carboxylic acids is 1. The van der Waals surface area contributed by atoms with Crippen LogP contribution in [0.15, 0.2) is 48.5 Å². The summed E-state index contributed by atoms with van der Waals surface area (Å²) in [5, 5.41) is 0. The highest BCUT2D eigenvalue weighted by molar-refractivity contribution is 5.74. The summed E-state index contributed by atoms with van der Waals surface area (Å²) >= 11 is 0. The summed E-state index contributed by atoms with van der Waals surface area (Å²) in [4.78, 5) is 16.8. The monoisotopic (exact) mass is 478 g/mol. The Morgan fingerprint density at radius 3 is 2.41 bits per heavy atom. The largest absolute Gasteiger partial charge is 0.416 e. The highest BCUT2D eigenvalue weighted by Crippen LogP contribution is 2.35. The Labute approximate surface area is 197 Å². The number of carbonyl (C=O) groups is 1. The number of benzene rings is 2. The molecule has 2 aliphatic rings. The van der Waals surface area contributed by atoms with Crippen LogP contribution < -0.4 is 0 Å². The van der Waals surface area contributed by atoms with E-state index in [0.717, 1.165) is 48.9 Å². The highest BCUT2D eigenvalue weighted by Gasteiger charge is 2.34. The highest BCUT2D eigenvalue weighted by atomic mass is 19.4. The molecule has 8 heteroatoms. The van der Waals surface area contributed by atoms with Gasteiger partial charge in [0.15, 0.2) is 0 Å². The van der Waals surface area contributed by atoms with Crippen LogP contribution in [0.25, 0.3) is 0 Å². The van der Waals surface area contributed by atoms with E-state index >= 15 is 0 Å². The summed E-state index contributed by atoms with van der Waals surface area (Å²) in [7, 11) is 0. The molecular weight excluding hydrogens is 448 g/mol. The summed E-state index contributed by atoms with van der Waals surface area (Å²) in [6.07, 6.45) is -1.10. The van der Waals surface area contributed by atoms with Crippen molar-refractivity contribution < 1.29 is 27.1 Å². The number of nitrogens with zero attached hydrogens (tertiary/aromatic N) is 2. The minimum atomic E-state index is -4.37. The third kappa shape index (κ3) is 6.29. The van der Waals surface area contributed by atoms with Gasteiger partial charge in [-0.1, -0.05) is 24.3 Å². The molecule has 2 amide bonds. The van der Waals surface area contributed by atoms with Gasteiger partial charge in [0.05, 0.1) is 18.8 Å². The predicted molar refractivity (Wildman–Crippen MR) is 121 cm³/mol. The molecule has 0 aromatic heterocycles. The van der Waals surface area contributed by atoms with Crippen LogP contribution in [0.5, 0.6) is 0 Å². The van der Waals surface area contributed by atoms with Crippen molar-refractivity contribution in [1.29, 1.82) is 0 Å². The van der Waals surface area contributed by atoms with Crippen molar-refractivity contribution in [2.75, 3.05) is 39.4 Å². The van der Waals surface area contributed by atoms with Crippen molar-refractivity contribution in [3.63, 3.8) is 0 Å². The Kier molecular flexibility index (Phi) is 7.76. The quantitative estimate of drug-likeness (QED) is 0.515. The minimum Gasteiger partial charge on any atom is -0.378 e. The SMILES string of the molecule is O=C(N1CCOCC1)N1CC(CCCc2cccc(F)c2)CC(c2ccc(C(F)(F)F)cc2)C1. The predicted octanol–water partition coefficient (Wildman–Crippen LogP) is 5.73. The van der Waals surface area contributed by atoms with Crippen molar-refractivity contribution in [1.82, 2.24) is 9.80 Å². The number of urea groups is 1. The van der Waals surface area contributed by atoms with Crippen LogP contribution in [0.2, 0.25) is 0 Å². The molecule has 2 unspecified atom stereocenters. The topological polar surface area (TPSA) is 32.8 Å². The van der Waals surface area contributed by atoms with Gasteiger partial charge in [0.2, 0.25) is 0 Å². The molecule has 0 saturated carbocycles. The number of aryl methyl sites for hydroxylation is 1. The second-order valence-electron chi connectivity index (χ2n) is 9.23. The third-order valence-corrected chi connectivity index (χ3v) is 6.77. The van der Waals surface area contributed by atoms with E-state index in [4.69, 9.17) is 4.74 Å². The molecule has 4 rings (SSSR count). The second kappa shape index (κ2) is 10.8. The standard InChI is InChI=1S/C26H30F4N2O2/c27-24-6-2-4-19(16-24)3-1-5-20-15-22(21-7-9-23(10-8-21)26(28,29)30)18-32(17-20)25(33)31-11-13-34-14-12-31/h2,4,6-10,16,20,22H,1,3,5,11-15,17-18H2. The van der Waals surface area contributed by atoms with Crippen molar-refractivity contribution in [3.8, 4) is 0 Å². The van der Waals surface area contributed by atoms with Crippen LogP contribution in [-0.4, -0.2) is 55.2 Å². The van der Waals surface area contributed by atoms with Crippen LogP contribution in [0.3, 0.4) is 0 Å². The number of hydrogen-bond acceptors (Lipinski definition) is 2. The molecule has 0 aliphatic carbocycles. The van der Waals surface area contributed by atoms with E-state index in [1.54, 1.807) is 29.2 Å². The van der Waals surface area contributed by atoms with Gasteiger partial charge in [-0.15, -0.1) is 0 Å². The first-order chi connectivity index (χ1) is 16.3.